The van der Waals surface area contributed by atoms with Gasteiger partial charge in [-0.3, -0.25) is 4.79 Å². The molecule has 0 unspecified atom stereocenters. The molecule has 1 fully saturated rings. The van der Waals surface area contributed by atoms with Crippen LogP contribution in [0.25, 0.3) is 11.4 Å². The van der Waals surface area contributed by atoms with Crippen LogP contribution in [0.5, 0.6) is 5.75 Å². The monoisotopic (exact) mass is 478 g/mol. The van der Waals surface area contributed by atoms with E-state index in [1.165, 1.54) is 0 Å². The highest BCUT2D eigenvalue weighted by Gasteiger charge is 2.28. The topological polar surface area (TPSA) is 131 Å². The third kappa shape index (κ3) is 6.14. The maximum atomic E-state index is 12.3. The molecular formula is C25H30N6O4. The number of carbonyl (C=O) groups is 2. The molecule has 184 valence electrons. The molecule has 2 atom stereocenters. The molecule has 1 aliphatic carbocycles. The summed E-state index contributed by atoms with van der Waals surface area (Å²) in [7, 11) is 1.77. The van der Waals surface area contributed by atoms with Crippen molar-refractivity contribution in [3.63, 3.8) is 0 Å². The molecular weight excluding hydrogens is 448 g/mol. The van der Waals surface area contributed by atoms with E-state index in [0.29, 0.717) is 42.2 Å². The van der Waals surface area contributed by atoms with Gasteiger partial charge in [0.15, 0.2) is 0 Å². The van der Waals surface area contributed by atoms with Gasteiger partial charge in [0, 0.05) is 13.6 Å². The summed E-state index contributed by atoms with van der Waals surface area (Å²) in [5.74, 6) is -0.490. The number of urea groups is 1. The Hall–Kier alpha value is -3.95. The summed E-state index contributed by atoms with van der Waals surface area (Å²) in [4.78, 5) is 28.3. The van der Waals surface area contributed by atoms with Crippen LogP contribution in [0.2, 0.25) is 0 Å². The Labute approximate surface area is 203 Å². The van der Waals surface area contributed by atoms with Crippen molar-refractivity contribution in [2.75, 3.05) is 0 Å². The molecule has 2 aromatic heterocycles. The van der Waals surface area contributed by atoms with E-state index in [1.807, 2.05) is 49.4 Å². The van der Waals surface area contributed by atoms with Crippen molar-refractivity contribution in [3.8, 4) is 17.1 Å². The van der Waals surface area contributed by atoms with Gasteiger partial charge in [0.2, 0.25) is 0 Å². The Bertz CT molecular complexity index is 1180. The number of aryl methyl sites for hydroxylation is 2. The van der Waals surface area contributed by atoms with Gasteiger partial charge in [-0.2, -0.15) is 0 Å². The molecule has 0 saturated heterocycles. The molecule has 10 nitrogen and oxygen atoms in total. The maximum absolute atomic E-state index is 12.3. The fraction of sp³-hybridized carbons (Fsp3) is 0.400. The number of ether oxygens (including phenoxy) is 1. The van der Waals surface area contributed by atoms with Gasteiger partial charge in [0.1, 0.15) is 11.4 Å². The van der Waals surface area contributed by atoms with Crippen molar-refractivity contribution < 1.29 is 19.4 Å². The molecule has 3 N–H and O–H groups in total. The number of aliphatic carboxylic acids is 1. The number of rotatable bonds is 8. The lowest BCUT2D eigenvalue weighted by Gasteiger charge is -2.27. The van der Waals surface area contributed by atoms with E-state index in [1.54, 1.807) is 11.7 Å². The summed E-state index contributed by atoms with van der Waals surface area (Å²) < 4.78 is 7.72. The number of hydrogen-bond donors (Lipinski definition) is 3. The van der Waals surface area contributed by atoms with E-state index in [-0.39, 0.29) is 24.6 Å². The molecule has 0 aliphatic heterocycles. The number of amides is 2. The molecule has 3 aromatic rings. The van der Waals surface area contributed by atoms with Crippen molar-refractivity contribution >= 4 is 12.0 Å². The summed E-state index contributed by atoms with van der Waals surface area (Å²) in [6.07, 6.45) is 2.72. The largest absolute Gasteiger partial charge is 0.489 e. The third-order valence-electron chi connectivity index (χ3n) is 6.20. The second-order valence-corrected chi connectivity index (χ2v) is 8.75. The number of carbonyl (C=O) groups excluding carboxylic acids is 1. The molecule has 4 rings (SSSR count). The zero-order chi connectivity index (χ0) is 24.8. The predicted octanol–water partition coefficient (Wildman–Crippen LogP) is 3.21. The van der Waals surface area contributed by atoms with E-state index in [9.17, 15) is 14.7 Å². The van der Waals surface area contributed by atoms with Gasteiger partial charge in [-0.05, 0) is 50.3 Å². The lowest BCUT2D eigenvalue weighted by molar-refractivity contribution is -0.143. The van der Waals surface area contributed by atoms with E-state index in [2.05, 4.69) is 25.9 Å². The summed E-state index contributed by atoms with van der Waals surface area (Å²) in [5, 5.41) is 23.3. The van der Waals surface area contributed by atoms with Crippen LogP contribution < -0.4 is 15.4 Å². The third-order valence-corrected chi connectivity index (χ3v) is 6.20. The van der Waals surface area contributed by atoms with Crippen LogP contribution in [-0.4, -0.2) is 43.2 Å². The summed E-state index contributed by atoms with van der Waals surface area (Å²) in [6, 6.07) is 13.0. The molecule has 1 aromatic carbocycles. The number of carboxylic acid groups (broad SMARTS) is 1. The number of nitrogens with one attached hydrogen (secondary N) is 2. The molecule has 10 heteroatoms. The molecule has 2 amide bonds. The zero-order valence-electron chi connectivity index (χ0n) is 19.9. The Balaban J connectivity index is 1.39. The average molecular weight is 479 g/mol. The quantitative estimate of drug-likeness (QED) is 0.453. The minimum Gasteiger partial charge on any atom is -0.489 e. The fourth-order valence-corrected chi connectivity index (χ4v) is 4.24. The predicted molar refractivity (Wildman–Crippen MR) is 128 cm³/mol. The average Bonchev–Trinajstić information content (AvgIpc) is 3.23. The van der Waals surface area contributed by atoms with Crippen molar-refractivity contribution in [2.45, 2.75) is 51.8 Å². The molecule has 1 saturated carbocycles. The second-order valence-electron chi connectivity index (χ2n) is 8.75. The van der Waals surface area contributed by atoms with Crippen LogP contribution >= 0.6 is 0 Å². The van der Waals surface area contributed by atoms with Gasteiger partial charge in [0.25, 0.3) is 0 Å². The van der Waals surface area contributed by atoms with E-state index >= 15 is 0 Å². The Kier molecular flexibility index (Phi) is 7.59. The minimum atomic E-state index is -0.763. The standard InChI is InChI=1S/C25H30N6O4/c1-16-22(35-19-10-6-9-18(13-19)24(32)33)12-11-20(28-16)23-21(31(2)30-29-23)15-27-25(34)26-14-17-7-4-3-5-8-17/h3-5,7-8,11-12,18-19H,6,9-10,13-15H2,1-2H3,(H,32,33)(H2,26,27,34)/t18-,19-/m0/s1. The van der Waals surface area contributed by atoms with E-state index in [0.717, 1.165) is 24.1 Å². The lowest BCUT2D eigenvalue weighted by Crippen LogP contribution is -2.35. The molecule has 0 spiro atoms. The van der Waals surface area contributed by atoms with Crippen molar-refractivity contribution in [1.29, 1.82) is 0 Å². The Morgan fingerprint density at radius 2 is 1.89 bits per heavy atom. The lowest BCUT2D eigenvalue weighted by atomic mass is 9.87. The van der Waals surface area contributed by atoms with E-state index < -0.39 is 5.97 Å². The number of hydrogen-bond acceptors (Lipinski definition) is 6. The van der Waals surface area contributed by atoms with Gasteiger partial charge >= 0.3 is 12.0 Å². The molecule has 0 bridgehead atoms. The highest BCUT2D eigenvalue weighted by atomic mass is 16.5. The smallest absolute Gasteiger partial charge is 0.315 e. The number of aromatic nitrogens is 4. The van der Waals surface area contributed by atoms with Gasteiger partial charge in [0.05, 0.1) is 35.6 Å². The first-order chi connectivity index (χ1) is 16.9. The molecule has 0 radical (unpaired) electrons. The number of carboxylic acids is 1. The zero-order valence-corrected chi connectivity index (χ0v) is 19.9. The first-order valence-corrected chi connectivity index (χ1v) is 11.7. The van der Waals surface area contributed by atoms with Crippen molar-refractivity contribution in [1.82, 2.24) is 30.6 Å². The number of benzene rings is 1. The van der Waals surface area contributed by atoms with Crippen molar-refractivity contribution in [3.05, 3.63) is 59.4 Å². The first kappa shape index (κ1) is 24.2. The first-order valence-electron chi connectivity index (χ1n) is 11.7. The molecule has 35 heavy (non-hydrogen) atoms. The Morgan fingerprint density at radius 3 is 2.63 bits per heavy atom. The van der Waals surface area contributed by atoms with Gasteiger partial charge in [-0.25, -0.2) is 14.5 Å². The van der Waals surface area contributed by atoms with Crippen LogP contribution in [-0.2, 0) is 24.9 Å². The van der Waals surface area contributed by atoms with Crippen LogP contribution in [0.3, 0.4) is 0 Å². The van der Waals surface area contributed by atoms with E-state index in [4.69, 9.17) is 4.74 Å². The van der Waals surface area contributed by atoms with Gasteiger partial charge in [-0.15, -0.1) is 5.10 Å². The summed E-state index contributed by atoms with van der Waals surface area (Å²) in [5.41, 5.74) is 3.62. The summed E-state index contributed by atoms with van der Waals surface area (Å²) >= 11 is 0. The number of pyridine rings is 1. The van der Waals surface area contributed by atoms with Crippen molar-refractivity contribution in [2.24, 2.45) is 13.0 Å². The SMILES string of the molecule is Cc1nc(-c2nnn(C)c2CNC(=O)NCc2ccccc2)ccc1O[C@H]1CCC[C@H](C(=O)O)C1. The normalized spacial score (nSPS) is 17.5. The van der Waals surface area contributed by atoms with Gasteiger partial charge in [-0.1, -0.05) is 35.5 Å². The van der Waals surface area contributed by atoms with Crippen LogP contribution in [0.15, 0.2) is 42.5 Å². The minimum absolute atomic E-state index is 0.137. The van der Waals surface area contributed by atoms with Crippen LogP contribution in [0, 0.1) is 12.8 Å². The highest BCUT2D eigenvalue weighted by molar-refractivity contribution is 5.74. The fourth-order valence-electron chi connectivity index (χ4n) is 4.24. The highest BCUT2D eigenvalue weighted by Crippen LogP contribution is 2.30. The maximum Gasteiger partial charge on any atom is 0.315 e. The Morgan fingerprint density at radius 1 is 1.11 bits per heavy atom. The number of nitrogens with zero attached hydrogens (tertiary/aromatic N) is 4. The van der Waals surface area contributed by atoms with Crippen LogP contribution in [0.1, 0.15) is 42.6 Å². The second kappa shape index (κ2) is 11.0. The molecule has 2 heterocycles. The molecule has 1 aliphatic rings. The van der Waals surface area contributed by atoms with Gasteiger partial charge < -0.3 is 20.5 Å². The van der Waals surface area contributed by atoms with Crippen LogP contribution in [0.4, 0.5) is 4.79 Å². The summed E-state index contributed by atoms with van der Waals surface area (Å²) in [6.45, 7) is 2.51.